The van der Waals surface area contributed by atoms with Crippen LogP contribution in [-0.4, -0.2) is 19.4 Å². The highest BCUT2D eigenvalue weighted by Gasteiger charge is 2.05. The molecule has 73 valence electrons. The summed E-state index contributed by atoms with van der Waals surface area (Å²) >= 11 is 0. The van der Waals surface area contributed by atoms with Crippen molar-refractivity contribution in [1.29, 1.82) is 0 Å². The molecule has 0 aliphatic heterocycles. The lowest BCUT2D eigenvalue weighted by atomic mass is 10.4. The predicted molar refractivity (Wildman–Crippen MR) is 48.7 cm³/mol. The molecule has 0 spiro atoms. The number of hydroxylamine groups is 1. The molecule has 0 heterocycles. The van der Waals surface area contributed by atoms with E-state index >= 15 is 0 Å². The molecule has 0 saturated carbocycles. The van der Waals surface area contributed by atoms with E-state index in [0.29, 0.717) is 0 Å². The fourth-order valence-corrected chi connectivity index (χ4v) is 0.699. The first-order valence-corrected chi connectivity index (χ1v) is 4.79. The van der Waals surface area contributed by atoms with Gasteiger partial charge in [0.2, 0.25) is 0 Å². The molecule has 0 amide bonds. The van der Waals surface area contributed by atoms with E-state index in [1.807, 2.05) is 6.92 Å². The fraction of sp³-hybridized carbons (Fsp3) is 1.00. The van der Waals surface area contributed by atoms with Crippen molar-refractivity contribution in [3.63, 3.8) is 0 Å². The first kappa shape index (κ1) is 11.9. The molecule has 0 aliphatic carbocycles. The van der Waals surface area contributed by atoms with Gasteiger partial charge in [-0.1, -0.05) is 26.3 Å². The molecule has 1 atom stereocenters. The number of hydrogen-bond acceptors (Lipinski definition) is 2. The van der Waals surface area contributed by atoms with Gasteiger partial charge >= 0.3 is 0 Å². The van der Waals surface area contributed by atoms with Crippen molar-refractivity contribution in [2.45, 2.75) is 46.3 Å². The quantitative estimate of drug-likeness (QED) is 0.320. The van der Waals surface area contributed by atoms with Crippen molar-refractivity contribution in [1.82, 2.24) is 5.48 Å². The van der Waals surface area contributed by atoms with Gasteiger partial charge in [-0.05, 0) is 19.3 Å². The molecule has 3 heteroatoms. The van der Waals surface area contributed by atoms with Gasteiger partial charge in [-0.3, -0.25) is 4.84 Å². The summed E-state index contributed by atoms with van der Waals surface area (Å²) < 4.78 is 5.37. The summed E-state index contributed by atoms with van der Waals surface area (Å²) in [7, 11) is 0. The Morgan fingerprint density at radius 2 is 1.92 bits per heavy atom. The molecule has 0 N–H and O–H groups in total. The molecule has 0 rings (SSSR count). The highest BCUT2D eigenvalue weighted by Crippen LogP contribution is 1.99. The first-order valence-electron chi connectivity index (χ1n) is 4.79. The van der Waals surface area contributed by atoms with Gasteiger partial charge in [0, 0.05) is 13.2 Å². The van der Waals surface area contributed by atoms with Crippen molar-refractivity contribution in [2.75, 3.05) is 13.2 Å². The van der Waals surface area contributed by atoms with Crippen LogP contribution in [0.4, 0.5) is 0 Å². The minimum atomic E-state index is -0.142. The summed E-state index contributed by atoms with van der Waals surface area (Å²) in [5, 5.41) is 0. The monoisotopic (exact) mass is 174 g/mol. The van der Waals surface area contributed by atoms with Crippen molar-refractivity contribution < 1.29 is 9.57 Å². The zero-order chi connectivity index (χ0) is 9.23. The smallest absolute Gasteiger partial charge is 0.178 e. The Morgan fingerprint density at radius 1 is 1.17 bits per heavy atom. The number of nitrogens with zero attached hydrogens (tertiary/aromatic N) is 1. The third-order valence-corrected chi connectivity index (χ3v) is 1.35. The van der Waals surface area contributed by atoms with Crippen LogP contribution in [-0.2, 0) is 9.57 Å². The van der Waals surface area contributed by atoms with E-state index in [1.54, 1.807) is 0 Å². The Morgan fingerprint density at radius 3 is 2.42 bits per heavy atom. The third-order valence-electron chi connectivity index (χ3n) is 1.35. The Kier molecular flexibility index (Phi) is 8.88. The molecule has 0 aromatic heterocycles. The maximum atomic E-state index is 5.37. The maximum absolute atomic E-state index is 5.37. The maximum Gasteiger partial charge on any atom is 0.178 e. The van der Waals surface area contributed by atoms with E-state index in [-0.39, 0.29) is 6.29 Å². The Hall–Kier alpha value is -0.120. The van der Waals surface area contributed by atoms with Crippen molar-refractivity contribution in [2.24, 2.45) is 0 Å². The molecular formula is C9H20NO2. The summed E-state index contributed by atoms with van der Waals surface area (Å²) in [6.45, 7) is 7.69. The molecular weight excluding hydrogens is 154 g/mol. The summed E-state index contributed by atoms with van der Waals surface area (Å²) in [6.07, 6.45) is 2.75. The highest BCUT2D eigenvalue weighted by atomic mass is 16.8. The number of rotatable bonds is 8. The van der Waals surface area contributed by atoms with E-state index in [4.69, 9.17) is 9.57 Å². The normalized spacial score (nSPS) is 13.2. The van der Waals surface area contributed by atoms with Crippen LogP contribution in [0, 0.1) is 0 Å². The molecule has 0 aliphatic rings. The molecule has 3 nitrogen and oxygen atoms in total. The molecule has 0 bridgehead atoms. The summed E-state index contributed by atoms with van der Waals surface area (Å²) in [4.78, 5) is 5.14. The second-order valence-electron chi connectivity index (χ2n) is 2.67. The molecule has 0 aromatic carbocycles. The van der Waals surface area contributed by atoms with E-state index in [2.05, 4.69) is 19.3 Å². The van der Waals surface area contributed by atoms with Crippen molar-refractivity contribution >= 4 is 0 Å². The standard InChI is InChI=1S/C9H20NO2/c1-4-7-10-12-9(6-3)11-8-5-2/h9H,4-8H2,1-3H3. The summed E-state index contributed by atoms with van der Waals surface area (Å²) in [5.74, 6) is 0. The second-order valence-corrected chi connectivity index (χ2v) is 2.67. The van der Waals surface area contributed by atoms with E-state index in [0.717, 1.165) is 32.4 Å². The third kappa shape index (κ3) is 6.58. The molecule has 1 radical (unpaired) electrons. The highest BCUT2D eigenvalue weighted by molar-refractivity contribution is 4.38. The predicted octanol–water partition coefficient (Wildman–Crippen LogP) is 2.10. The van der Waals surface area contributed by atoms with E-state index < -0.39 is 0 Å². The second kappa shape index (κ2) is 8.97. The average molecular weight is 174 g/mol. The Balaban J connectivity index is 3.26. The van der Waals surface area contributed by atoms with Crippen LogP contribution in [0.1, 0.15) is 40.0 Å². The van der Waals surface area contributed by atoms with Gasteiger partial charge in [-0.25, -0.2) is 0 Å². The van der Waals surface area contributed by atoms with Crippen LogP contribution in [0.5, 0.6) is 0 Å². The minimum absolute atomic E-state index is 0.142. The van der Waals surface area contributed by atoms with Crippen molar-refractivity contribution in [3.05, 3.63) is 0 Å². The van der Waals surface area contributed by atoms with Crippen molar-refractivity contribution in [3.8, 4) is 0 Å². The lowest BCUT2D eigenvalue weighted by molar-refractivity contribution is -0.184. The van der Waals surface area contributed by atoms with Gasteiger partial charge in [0.05, 0.1) is 0 Å². The van der Waals surface area contributed by atoms with Gasteiger partial charge in [0.15, 0.2) is 6.29 Å². The zero-order valence-electron chi connectivity index (χ0n) is 8.38. The zero-order valence-corrected chi connectivity index (χ0v) is 8.38. The number of hydrogen-bond donors (Lipinski definition) is 0. The van der Waals surface area contributed by atoms with Gasteiger partial charge in [0.25, 0.3) is 0 Å². The van der Waals surface area contributed by atoms with Crippen LogP contribution in [0.2, 0.25) is 0 Å². The van der Waals surface area contributed by atoms with Crippen LogP contribution >= 0.6 is 0 Å². The Bertz CT molecular complexity index is 88.6. The van der Waals surface area contributed by atoms with Gasteiger partial charge in [-0.2, -0.15) is 0 Å². The molecule has 12 heavy (non-hydrogen) atoms. The van der Waals surface area contributed by atoms with Crippen LogP contribution in [0.15, 0.2) is 0 Å². The summed E-state index contributed by atoms with van der Waals surface area (Å²) in [5.41, 5.74) is 3.89. The molecule has 1 unspecified atom stereocenters. The van der Waals surface area contributed by atoms with E-state index in [1.165, 1.54) is 0 Å². The lowest BCUT2D eigenvalue weighted by Gasteiger charge is -2.14. The molecule has 0 fully saturated rings. The fourth-order valence-electron chi connectivity index (χ4n) is 0.699. The van der Waals surface area contributed by atoms with Crippen LogP contribution in [0.25, 0.3) is 0 Å². The van der Waals surface area contributed by atoms with Crippen LogP contribution < -0.4 is 5.48 Å². The average Bonchev–Trinajstić information content (AvgIpc) is 2.11. The first-order chi connectivity index (χ1) is 5.85. The molecule has 0 saturated heterocycles. The SMILES string of the molecule is CCC[N]OC(CC)OCCC. The lowest BCUT2D eigenvalue weighted by Crippen LogP contribution is -2.22. The van der Waals surface area contributed by atoms with Gasteiger partial charge in [-0.15, -0.1) is 0 Å². The van der Waals surface area contributed by atoms with Gasteiger partial charge < -0.3 is 4.74 Å². The minimum Gasteiger partial charge on any atom is -0.351 e. The van der Waals surface area contributed by atoms with Gasteiger partial charge in [0.1, 0.15) is 0 Å². The largest absolute Gasteiger partial charge is 0.351 e. The topological polar surface area (TPSA) is 32.6 Å². The number of ether oxygens (including phenoxy) is 1. The summed E-state index contributed by atoms with van der Waals surface area (Å²) in [6, 6.07) is 0. The van der Waals surface area contributed by atoms with E-state index in [9.17, 15) is 0 Å². The van der Waals surface area contributed by atoms with Crippen LogP contribution in [0.3, 0.4) is 0 Å². The Labute approximate surface area is 75.4 Å². The molecule has 0 aromatic rings.